The average molecular weight is 338 g/mol. The van der Waals surface area contributed by atoms with Gasteiger partial charge in [-0.2, -0.15) is 0 Å². The van der Waals surface area contributed by atoms with Crippen LogP contribution < -0.4 is 5.32 Å². The number of rotatable bonds is 5. The first-order valence-corrected chi connectivity index (χ1v) is 8.39. The molecule has 1 heterocycles. The van der Waals surface area contributed by atoms with Gasteiger partial charge in [-0.3, -0.25) is 0 Å². The molecule has 0 spiro atoms. The molecule has 0 aliphatic heterocycles. The molecule has 0 fully saturated rings. The van der Waals surface area contributed by atoms with Crippen LogP contribution in [0.15, 0.2) is 33.4 Å². The van der Waals surface area contributed by atoms with Gasteiger partial charge in [0.2, 0.25) is 0 Å². The molecule has 0 bridgehead atoms. The summed E-state index contributed by atoms with van der Waals surface area (Å²) in [5.41, 5.74) is 5.58. The molecule has 2 aromatic rings. The van der Waals surface area contributed by atoms with Gasteiger partial charge in [-0.25, -0.2) is 0 Å². The molecule has 2 rings (SSSR count). The van der Waals surface area contributed by atoms with Crippen LogP contribution in [0.4, 0.5) is 0 Å². The SMILES string of the molecule is CCc1ccc(CC)c(C(NC)c2csc(Br)c2)c1. The summed E-state index contributed by atoms with van der Waals surface area (Å²) in [5, 5.41) is 5.69. The van der Waals surface area contributed by atoms with Gasteiger partial charge >= 0.3 is 0 Å². The van der Waals surface area contributed by atoms with Crippen molar-refractivity contribution in [3.63, 3.8) is 0 Å². The molecule has 1 aromatic carbocycles. The van der Waals surface area contributed by atoms with Crippen molar-refractivity contribution in [1.82, 2.24) is 5.32 Å². The maximum Gasteiger partial charge on any atom is 0.0701 e. The Labute approximate surface area is 128 Å². The lowest BCUT2D eigenvalue weighted by Crippen LogP contribution is -2.18. The second kappa shape index (κ2) is 6.69. The van der Waals surface area contributed by atoms with Crippen molar-refractivity contribution in [2.24, 2.45) is 0 Å². The minimum atomic E-state index is 0.281. The van der Waals surface area contributed by atoms with Gasteiger partial charge in [0.15, 0.2) is 0 Å². The van der Waals surface area contributed by atoms with E-state index in [1.54, 1.807) is 11.3 Å². The fourth-order valence-electron chi connectivity index (χ4n) is 2.43. The second-order valence-electron chi connectivity index (χ2n) is 4.65. The molecule has 0 radical (unpaired) electrons. The molecule has 19 heavy (non-hydrogen) atoms. The highest BCUT2D eigenvalue weighted by molar-refractivity contribution is 9.11. The summed E-state index contributed by atoms with van der Waals surface area (Å²) in [4.78, 5) is 0. The fourth-order valence-corrected chi connectivity index (χ4v) is 3.63. The van der Waals surface area contributed by atoms with E-state index in [1.807, 2.05) is 7.05 Å². The lowest BCUT2D eigenvalue weighted by atomic mass is 9.92. The van der Waals surface area contributed by atoms with E-state index in [9.17, 15) is 0 Å². The third-order valence-corrected chi connectivity index (χ3v) is 5.04. The quantitative estimate of drug-likeness (QED) is 0.814. The molecule has 1 unspecified atom stereocenters. The van der Waals surface area contributed by atoms with E-state index >= 15 is 0 Å². The molecular weight excluding hydrogens is 318 g/mol. The van der Waals surface area contributed by atoms with Gasteiger partial charge in [-0.15, -0.1) is 11.3 Å². The van der Waals surface area contributed by atoms with Crippen LogP contribution in [0.1, 0.15) is 42.1 Å². The van der Waals surface area contributed by atoms with E-state index < -0.39 is 0 Å². The Hall–Kier alpha value is -0.640. The van der Waals surface area contributed by atoms with E-state index in [0.717, 1.165) is 12.8 Å². The summed E-state index contributed by atoms with van der Waals surface area (Å²) < 4.78 is 1.19. The Kier molecular flexibility index (Phi) is 5.20. The normalized spacial score (nSPS) is 12.6. The molecule has 1 N–H and O–H groups in total. The topological polar surface area (TPSA) is 12.0 Å². The Morgan fingerprint density at radius 3 is 2.53 bits per heavy atom. The summed E-state index contributed by atoms with van der Waals surface area (Å²) in [5.74, 6) is 0. The molecule has 1 nitrogen and oxygen atoms in total. The minimum Gasteiger partial charge on any atom is -0.309 e. The van der Waals surface area contributed by atoms with Crippen molar-refractivity contribution in [2.45, 2.75) is 32.7 Å². The molecule has 0 aliphatic rings. The van der Waals surface area contributed by atoms with Crippen LogP contribution in [0.5, 0.6) is 0 Å². The average Bonchev–Trinajstić information content (AvgIpc) is 2.86. The maximum absolute atomic E-state index is 3.56. The van der Waals surface area contributed by atoms with Gasteiger partial charge < -0.3 is 5.32 Å². The van der Waals surface area contributed by atoms with E-state index in [2.05, 4.69) is 64.7 Å². The zero-order chi connectivity index (χ0) is 13.8. The number of halogens is 1. The van der Waals surface area contributed by atoms with Crippen molar-refractivity contribution in [3.8, 4) is 0 Å². The smallest absolute Gasteiger partial charge is 0.0701 e. The predicted molar refractivity (Wildman–Crippen MR) is 88.1 cm³/mol. The molecule has 3 heteroatoms. The fraction of sp³-hybridized carbons (Fsp3) is 0.375. The first-order valence-electron chi connectivity index (χ1n) is 6.72. The Balaban J connectivity index is 2.47. The van der Waals surface area contributed by atoms with Gasteiger partial charge in [0.05, 0.1) is 9.83 Å². The molecule has 0 saturated heterocycles. The summed E-state index contributed by atoms with van der Waals surface area (Å²) in [7, 11) is 2.04. The van der Waals surface area contributed by atoms with Gasteiger partial charge in [-0.1, -0.05) is 32.0 Å². The van der Waals surface area contributed by atoms with Crippen LogP contribution in [0.25, 0.3) is 0 Å². The monoisotopic (exact) mass is 337 g/mol. The Morgan fingerprint density at radius 2 is 2.00 bits per heavy atom. The summed E-state index contributed by atoms with van der Waals surface area (Å²) in [6.45, 7) is 4.43. The standard InChI is InChI=1S/C16H20BrNS/c1-4-11-6-7-12(5-2)14(8-11)16(18-3)13-9-15(17)19-10-13/h6-10,16,18H,4-5H2,1-3H3. The third kappa shape index (κ3) is 3.28. The van der Waals surface area contributed by atoms with Crippen LogP contribution in [0, 0.1) is 0 Å². The zero-order valence-corrected chi connectivity index (χ0v) is 14.1. The number of aryl methyl sites for hydroxylation is 2. The van der Waals surface area contributed by atoms with Crippen LogP contribution in [0.2, 0.25) is 0 Å². The molecule has 102 valence electrons. The van der Waals surface area contributed by atoms with Gasteiger partial charge in [0.1, 0.15) is 0 Å². The third-order valence-electron chi connectivity index (χ3n) is 3.52. The first-order chi connectivity index (χ1) is 9.19. The predicted octanol–water partition coefficient (Wildman–Crippen LogP) is 4.94. The lowest BCUT2D eigenvalue weighted by molar-refractivity contribution is 0.685. The van der Waals surface area contributed by atoms with Crippen LogP contribution in [-0.2, 0) is 12.8 Å². The highest BCUT2D eigenvalue weighted by Crippen LogP contribution is 2.31. The van der Waals surface area contributed by atoms with Crippen LogP contribution in [0.3, 0.4) is 0 Å². The largest absolute Gasteiger partial charge is 0.309 e. The van der Waals surface area contributed by atoms with E-state index in [-0.39, 0.29) is 6.04 Å². The summed E-state index contributed by atoms with van der Waals surface area (Å²) >= 11 is 5.30. The number of nitrogens with one attached hydrogen (secondary N) is 1. The Bertz CT molecular complexity index is 547. The lowest BCUT2D eigenvalue weighted by Gasteiger charge is -2.20. The molecule has 1 aromatic heterocycles. The number of thiophene rings is 1. The van der Waals surface area contributed by atoms with E-state index in [0.29, 0.717) is 0 Å². The highest BCUT2D eigenvalue weighted by atomic mass is 79.9. The number of hydrogen-bond donors (Lipinski definition) is 1. The second-order valence-corrected chi connectivity index (χ2v) is 6.94. The number of benzene rings is 1. The first kappa shape index (κ1) is 14.8. The van der Waals surface area contributed by atoms with Crippen LogP contribution in [-0.4, -0.2) is 7.05 Å². The van der Waals surface area contributed by atoms with E-state index in [4.69, 9.17) is 0 Å². The van der Waals surface area contributed by atoms with Crippen LogP contribution >= 0.6 is 27.3 Å². The van der Waals surface area contributed by atoms with Crippen molar-refractivity contribution in [2.75, 3.05) is 7.05 Å². The molecule has 0 aliphatic carbocycles. The van der Waals surface area contributed by atoms with Crippen molar-refractivity contribution in [3.05, 3.63) is 55.7 Å². The number of hydrogen-bond acceptors (Lipinski definition) is 2. The maximum atomic E-state index is 3.56. The van der Waals surface area contributed by atoms with Gasteiger partial charge in [-0.05, 0) is 69.5 Å². The van der Waals surface area contributed by atoms with E-state index in [1.165, 1.54) is 26.0 Å². The highest BCUT2D eigenvalue weighted by Gasteiger charge is 2.16. The zero-order valence-electron chi connectivity index (χ0n) is 11.7. The molecular formula is C16H20BrNS. The van der Waals surface area contributed by atoms with Crippen molar-refractivity contribution >= 4 is 27.3 Å². The minimum absolute atomic E-state index is 0.281. The summed E-state index contributed by atoms with van der Waals surface area (Å²) in [6.07, 6.45) is 2.16. The summed E-state index contributed by atoms with van der Waals surface area (Å²) in [6, 6.07) is 9.37. The van der Waals surface area contributed by atoms with Crippen molar-refractivity contribution in [1.29, 1.82) is 0 Å². The Morgan fingerprint density at radius 1 is 1.21 bits per heavy atom. The van der Waals surface area contributed by atoms with Crippen molar-refractivity contribution < 1.29 is 0 Å². The molecule has 0 saturated carbocycles. The molecule has 0 amide bonds. The van der Waals surface area contributed by atoms with Gasteiger partial charge in [0.25, 0.3) is 0 Å². The van der Waals surface area contributed by atoms with Gasteiger partial charge in [0, 0.05) is 0 Å². The molecule has 1 atom stereocenters.